The van der Waals surface area contributed by atoms with E-state index in [4.69, 9.17) is 16.3 Å². The Bertz CT molecular complexity index is 1360. The number of carboxylic acids is 1. The maximum atomic E-state index is 14.8. The Morgan fingerprint density at radius 1 is 1.28 bits per heavy atom. The van der Waals surface area contributed by atoms with Crippen molar-refractivity contribution in [2.75, 3.05) is 26.7 Å². The van der Waals surface area contributed by atoms with Crippen LogP contribution < -0.4 is 10.2 Å². The summed E-state index contributed by atoms with van der Waals surface area (Å²) in [4.78, 5) is 27.3. The lowest BCUT2D eigenvalue weighted by Crippen LogP contribution is -2.26. The van der Waals surface area contributed by atoms with Gasteiger partial charge in [0.2, 0.25) is 5.43 Å². The molecule has 3 aromatic rings. The van der Waals surface area contributed by atoms with Gasteiger partial charge in [0.1, 0.15) is 23.2 Å². The second kappa shape index (κ2) is 10.6. The number of halogens is 2. The molecule has 1 saturated heterocycles. The number of hydrogen-bond donors (Lipinski definition) is 2. The summed E-state index contributed by atoms with van der Waals surface area (Å²) in [6.07, 6.45) is 2.12. The van der Waals surface area contributed by atoms with Crippen molar-refractivity contribution < 1.29 is 24.1 Å². The molecular formula is C27H30ClFN2O5. The predicted molar refractivity (Wildman–Crippen MR) is 137 cm³/mol. The summed E-state index contributed by atoms with van der Waals surface area (Å²) in [5.74, 6) is -1.47. The van der Waals surface area contributed by atoms with Crippen LogP contribution in [0.4, 0.5) is 4.39 Å². The highest BCUT2D eigenvalue weighted by atomic mass is 35.5. The second-order valence-electron chi connectivity index (χ2n) is 9.74. The van der Waals surface area contributed by atoms with Gasteiger partial charge in [-0.25, -0.2) is 9.18 Å². The number of hydrogen-bond acceptors (Lipinski definition) is 5. The predicted octanol–water partition coefficient (Wildman–Crippen LogP) is 4.36. The highest BCUT2D eigenvalue weighted by Gasteiger charge is 2.26. The van der Waals surface area contributed by atoms with Gasteiger partial charge >= 0.3 is 5.97 Å². The first-order valence-electron chi connectivity index (χ1n) is 11.9. The van der Waals surface area contributed by atoms with Crippen LogP contribution >= 0.6 is 11.6 Å². The maximum Gasteiger partial charge on any atom is 0.341 e. The summed E-state index contributed by atoms with van der Waals surface area (Å²) in [6.45, 7) is 5.18. The molecule has 192 valence electrons. The van der Waals surface area contributed by atoms with Crippen LogP contribution in [0.2, 0.25) is 5.02 Å². The van der Waals surface area contributed by atoms with Crippen LogP contribution in [-0.4, -0.2) is 58.5 Å². The van der Waals surface area contributed by atoms with Gasteiger partial charge < -0.3 is 24.4 Å². The highest BCUT2D eigenvalue weighted by molar-refractivity contribution is 6.30. The monoisotopic (exact) mass is 516 g/mol. The Balaban J connectivity index is 1.97. The zero-order chi connectivity index (χ0) is 26.1. The van der Waals surface area contributed by atoms with Crippen LogP contribution in [0.25, 0.3) is 10.9 Å². The van der Waals surface area contributed by atoms with Crippen molar-refractivity contribution in [1.82, 2.24) is 9.47 Å². The molecular weight excluding hydrogens is 487 g/mol. The van der Waals surface area contributed by atoms with Gasteiger partial charge in [-0.15, -0.1) is 0 Å². The fourth-order valence-corrected chi connectivity index (χ4v) is 4.97. The summed E-state index contributed by atoms with van der Waals surface area (Å²) in [5.41, 5.74) is 0.297. The van der Waals surface area contributed by atoms with Crippen LogP contribution in [0.5, 0.6) is 5.75 Å². The number of pyridine rings is 1. The molecule has 2 atom stereocenters. The third-order valence-electron chi connectivity index (χ3n) is 6.81. The quantitative estimate of drug-likeness (QED) is 0.462. The lowest BCUT2D eigenvalue weighted by atomic mass is 9.98. The maximum absolute atomic E-state index is 14.8. The zero-order valence-corrected chi connectivity index (χ0v) is 21.3. The highest BCUT2D eigenvalue weighted by Crippen LogP contribution is 2.33. The van der Waals surface area contributed by atoms with E-state index in [1.165, 1.54) is 12.3 Å². The Morgan fingerprint density at radius 2 is 2.03 bits per heavy atom. The molecule has 2 heterocycles. The number of aliphatic hydroxyl groups excluding tert-OH is 1. The molecule has 1 aliphatic heterocycles. The molecule has 0 bridgehead atoms. The molecule has 0 unspecified atom stereocenters. The molecule has 0 spiro atoms. The van der Waals surface area contributed by atoms with E-state index in [9.17, 15) is 24.2 Å². The van der Waals surface area contributed by atoms with E-state index in [2.05, 4.69) is 4.90 Å². The Hall–Kier alpha value is -2.94. The molecule has 7 nitrogen and oxygen atoms in total. The summed E-state index contributed by atoms with van der Waals surface area (Å²) < 4.78 is 22.8. The molecule has 9 heteroatoms. The Labute approximate surface area is 213 Å². The largest absolute Gasteiger partial charge is 0.489 e. The molecule has 0 amide bonds. The average Bonchev–Trinajstić information content (AvgIpc) is 3.23. The van der Waals surface area contributed by atoms with Crippen LogP contribution in [0.15, 0.2) is 41.3 Å². The third-order valence-corrected chi connectivity index (χ3v) is 7.10. The summed E-state index contributed by atoms with van der Waals surface area (Å²) in [6, 6.07) is 7.56. The number of fused-ring (bicyclic) bond motifs is 1. The number of aromatic nitrogens is 1. The average molecular weight is 517 g/mol. The van der Waals surface area contributed by atoms with Crippen molar-refractivity contribution >= 4 is 28.5 Å². The molecule has 36 heavy (non-hydrogen) atoms. The van der Waals surface area contributed by atoms with E-state index in [1.807, 2.05) is 20.9 Å². The first-order chi connectivity index (χ1) is 17.1. The van der Waals surface area contributed by atoms with Gasteiger partial charge in [0.15, 0.2) is 0 Å². The third kappa shape index (κ3) is 5.12. The number of likely N-dealkylation sites (tertiary alicyclic amines) is 1. The minimum Gasteiger partial charge on any atom is -0.489 e. The molecule has 2 aromatic carbocycles. The van der Waals surface area contributed by atoms with Crippen molar-refractivity contribution in [1.29, 1.82) is 0 Å². The van der Waals surface area contributed by atoms with Gasteiger partial charge in [-0.3, -0.25) is 4.79 Å². The zero-order valence-electron chi connectivity index (χ0n) is 20.5. The number of benzene rings is 2. The molecule has 2 N–H and O–H groups in total. The molecule has 0 radical (unpaired) electrons. The number of likely N-dealkylation sites (N-methyl/N-ethyl adjacent to an activating group) is 1. The summed E-state index contributed by atoms with van der Waals surface area (Å²) in [7, 11) is 2.01. The second-order valence-corrected chi connectivity index (χ2v) is 10.1. The van der Waals surface area contributed by atoms with Crippen LogP contribution in [0.1, 0.15) is 47.8 Å². The number of aromatic carboxylic acids is 1. The van der Waals surface area contributed by atoms with E-state index < -0.39 is 28.8 Å². The SMILES string of the molecule is CC(C)[C@@H](CO)n1cc(C(=O)O)c(=O)c2cc(Cc3cccc(Cl)c3F)c(O[C@@H]3CCN(C)C3)cc21. The number of carboxylic acid groups (broad SMARTS) is 1. The number of carbonyl (C=O) groups is 1. The summed E-state index contributed by atoms with van der Waals surface area (Å²) >= 11 is 6.00. The van der Waals surface area contributed by atoms with Crippen molar-refractivity contribution in [2.45, 2.75) is 38.8 Å². The first kappa shape index (κ1) is 26.1. The molecule has 0 aliphatic carbocycles. The molecule has 1 aromatic heterocycles. The Kier molecular flexibility index (Phi) is 7.68. The van der Waals surface area contributed by atoms with Gasteiger partial charge in [0, 0.05) is 37.2 Å². The standard InChI is InChI=1S/C27H30ClFN2O5/c1-15(2)23(14-32)31-13-20(27(34)35)26(33)19-10-17(9-16-5-4-6-21(28)25(16)29)24(11-22(19)31)36-18-7-8-30(3)12-18/h4-6,10-11,13,15,18,23,32H,7-9,12,14H2,1-3H3,(H,34,35)/t18-,23-/m1/s1. The van der Waals surface area contributed by atoms with E-state index in [0.29, 0.717) is 22.4 Å². The van der Waals surface area contributed by atoms with Crippen LogP contribution in [-0.2, 0) is 6.42 Å². The summed E-state index contributed by atoms with van der Waals surface area (Å²) in [5, 5.41) is 20.0. The van der Waals surface area contributed by atoms with Crippen molar-refractivity contribution in [3.63, 3.8) is 0 Å². The van der Waals surface area contributed by atoms with E-state index in [-0.39, 0.29) is 35.5 Å². The van der Waals surface area contributed by atoms with Gasteiger partial charge in [0.25, 0.3) is 0 Å². The van der Waals surface area contributed by atoms with Crippen LogP contribution in [0, 0.1) is 11.7 Å². The van der Waals surface area contributed by atoms with Gasteiger partial charge in [-0.1, -0.05) is 37.6 Å². The Morgan fingerprint density at radius 3 is 2.64 bits per heavy atom. The van der Waals surface area contributed by atoms with Crippen molar-refractivity contribution in [3.05, 3.63) is 74.3 Å². The van der Waals surface area contributed by atoms with Crippen molar-refractivity contribution in [2.24, 2.45) is 5.92 Å². The number of rotatable bonds is 8. The molecule has 4 rings (SSSR count). The first-order valence-corrected chi connectivity index (χ1v) is 12.3. The molecule has 1 aliphatic rings. The fraction of sp³-hybridized carbons (Fsp3) is 0.407. The van der Waals surface area contributed by atoms with Crippen molar-refractivity contribution in [3.8, 4) is 5.75 Å². The lowest BCUT2D eigenvalue weighted by Gasteiger charge is -2.26. The molecule has 1 fully saturated rings. The van der Waals surface area contributed by atoms with E-state index >= 15 is 0 Å². The van der Waals surface area contributed by atoms with Gasteiger partial charge in [-0.2, -0.15) is 0 Å². The van der Waals surface area contributed by atoms with Gasteiger partial charge in [-0.05, 0) is 42.6 Å². The topological polar surface area (TPSA) is 92.0 Å². The minimum atomic E-state index is -1.35. The number of nitrogens with zero attached hydrogens (tertiary/aromatic N) is 2. The normalized spacial score (nSPS) is 17.1. The van der Waals surface area contributed by atoms with E-state index in [0.717, 1.165) is 19.5 Å². The molecule has 0 saturated carbocycles. The van der Waals surface area contributed by atoms with Gasteiger partial charge in [0.05, 0.1) is 23.2 Å². The van der Waals surface area contributed by atoms with Crippen LogP contribution in [0.3, 0.4) is 0 Å². The van der Waals surface area contributed by atoms with E-state index in [1.54, 1.807) is 28.8 Å². The number of ether oxygens (including phenoxy) is 1. The lowest BCUT2D eigenvalue weighted by molar-refractivity contribution is 0.0694. The smallest absolute Gasteiger partial charge is 0.341 e. The minimum absolute atomic E-state index is 0.00795. The fourth-order valence-electron chi connectivity index (χ4n) is 4.78. The number of aliphatic hydroxyl groups is 1.